The van der Waals surface area contributed by atoms with Gasteiger partial charge in [-0.25, -0.2) is 0 Å². The Kier molecular flexibility index (Phi) is 4.40. The highest BCUT2D eigenvalue weighted by Gasteiger charge is 2.37. The van der Waals surface area contributed by atoms with Crippen LogP contribution in [0.2, 0.25) is 0 Å². The predicted molar refractivity (Wildman–Crippen MR) is 104 cm³/mol. The van der Waals surface area contributed by atoms with Crippen LogP contribution in [0, 0.1) is 19.8 Å². The number of aryl methyl sites for hydroxylation is 2. The van der Waals surface area contributed by atoms with Crippen LogP contribution in [0.25, 0.3) is 0 Å². The second-order valence-corrected chi connectivity index (χ2v) is 7.24. The molecule has 0 N–H and O–H groups in total. The van der Waals surface area contributed by atoms with E-state index in [0.29, 0.717) is 12.1 Å². The van der Waals surface area contributed by atoms with Crippen LogP contribution in [0.4, 0.5) is 11.4 Å². The fourth-order valence-corrected chi connectivity index (χ4v) is 3.56. The van der Waals surface area contributed by atoms with Crippen molar-refractivity contribution in [3.05, 3.63) is 71.1 Å². The molecule has 0 fully saturated rings. The van der Waals surface area contributed by atoms with E-state index in [9.17, 15) is 0 Å². The summed E-state index contributed by atoms with van der Waals surface area (Å²) in [5.41, 5.74) is 7.80. The predicted octanol–water partition coefficient (Wildman–Crippen LogP) is 5.86. The number of benzene rings is 2. The fraction of sp³-hybridized carbons (Fsp3) is 0.364. The molecule has 0 spiro atoms. The highest BCUT2D eigenvalue weighted by Crippen LogP contribution is 2.40. The minimum absolute atomic E-state index is 0.301. The minimum atomic E-state index is 0.301. The maximum absolute atomic E-state index is 2.49. The molecule has 0 saturated heterocycles. The summed E-state index contributed by atoms with van der Waals surface area (Å²) in [6.07, 6.45) is 0.301. The van der Waals surface area contributed by atoms with E-state index >= 15 is 0 Å². The summed E-state index contributed by atoms with van der Waals surface area (Å²) in [6, 6.07) is 17.7. The molecule has 126 valence electrons. The first-order valence-corrected chi connectivity index (χ1v) is 8.79. The van der Waals surface area contributed by atoms with Crippen molar-refractivity contribution >= 4 is 11.4 Å². The van der Waals surface area contributed by atoms with Gasteiger partial charge in [0.2, 0.25) is 0 Å². The van der Waals surface area contributed by atoms with Crippen molar-refractivity contribution in [2.75, 3.05) is 9.80 Å². The van der Waals surface area contributed by atoms with E-state index in [1.807, 2.05) is 0 Å². The Labute approximate surface area is 146 Å². The van der Waals surface area contributed by atoms with Crippen molar-refractivity contribution in [2.45, 2.75) is 47.7 Å². The fourth-order valence-electron chi connectivity index (χ4n) is 3.56. The summed E-state index contributed by atoms with van der Waals surface area (Å²) < 4.78 is 0. The van der Waals surface area contributed by atoms with Crippen molar-refractivity contribution in [1.82, 2.24) is 0 Å². The lowest BCUT2D eigenvalue weighted by Crippen LogP contribution is -2.44. The zero-order valence-electron chi connectivity index (χ0n) is 15.7. The molecule has 2 heteroatoms. The summed E-state index contributed by atoms with van der Waals surface area (Å²) in [6.45, 7) is 13.4. The molecule has 0 atom stereocenters. The van der Waals surface area contributed by atoms with Crippen LogP contribution in [-0.2, 0) is 0 Å². The van der Waals surface area contributed by atoms with E-state index in [0.717, 1.165) is 0 Å². The molecule has 1 aliphatic heterocycles. The number of hydrogen-bond acceptors (Lipinski definition) is 2. The SMILES string of the molecule is CC1=C(C)N(c2ccc(C)cc2)C(C(C)C)N1c1ccc(C)cc1. The lowest BCUT2D eigenvalue weighted by molar-refractivity contribution is 0.493. The summed E-state index contributed by atoms with van der Waals surface area (Å²) in [5.74, 6) is 0.500. The molecule has 0 aliphatic carbocycles. The van der Waals surface area contributed by atoms with Gasteiger partial charge in [0.05, 0.1) is 0 Å². The average molecular weight is 320 g/mol. The third-order valence-electron chi connectivity index (χ3n) is 5.00. The second kappa shape index (κ2) is 6.35. The Hall–Kier alpha value is -2.22. The van der Waals surface area contributed by atoms with Crippen LogP contribution in [0.5, 0.6) is 0 Å². The molecule has 2 aromatic rings. The van der Waals surface area contributed by atoms with Crippen LogP contribution < -0.4 is 9.80 Å². The van der Waals surface area contributed by atoms with Gasteiger partial charge < -0.3 is 9.80 Å². The molecule has 0 radical (unpaired) electrons. The lowest BCUT2D eigenvalue weighted by Gasteiger charge is -2.37. The molecule has 2 nitrogen and oxygen atoms in total. The number of rotatable bonds is 3. The normalized spacial score (nSPS) is 15.8. The van der Waals surface area contributed by atoms with E-state index in [4.69, 9.17) is 0 Å². The van der Waals surface area contributed by atoms with Gasteiger partial charge in [-0.1, -0.05) is 49.2 Å². The number of nitrogens with zero attached hydrogens (tertiary/aromatic N) is 2. The van der Waals surface area contributed by atoms with Gasteiger partial charge in [-0.15, -0.1) is 0 Å². The average Bonchev–Trinajstić information content (AvgIpc) is 2.81. The first kappa shape index (κ1) is 16.6. The first-order valence-electron chi connectivity index (χ1n) is 8.79. The molecule has 0 unspecified atom stereocenters. The van der Waals surface area contributed by atoms with Crippen molar-refractivity contribution in [1.29, 1.82) is 0 Å². The van der Waals surface area contributed by atoms with Crippen LogP contribution in [0.3, 0.4) is 0 Å². The quantitative estimate of drug-likeness (QED) is 0.698. The van der Waals surface area contributed by atoms with Crippen LogP contribution in [0.1, 0.15) is 38.8 Å². The standard InChI is InChI=1S/C22H28N2/c1-15(2)22-23(20-11-7-16(3)8-12-20)18(5)19(6)24(22)21-13-9-17(4)10-14-21/h7-15,22H,1-6H3. The maximum Gasteiger partial charge on any atom is 0.113 e. The summed E-state index contributed by atoms with van der Waals surface area (Å²) in [4.78, 5) is 4.97. The Morgan fingerprint density at radius 3 is 1.25 bits per heavy atom. The molecular weight excluding hydrogens is 292 g/mol. The third-order valence-corrected chi connectivity index (χ3v) is 5.00. The Morgan fingerprint density at radius 1 is 0.625 bits per heavy atom. The van der Waals surface area contributed by atoms with Crippen LogP contribution in [0.15, 0.2) is 59.9 Å². The van der Waals surface area contributed by atoms with E-state index in [1.165, 1.54) is 33.9 Å². The molecule has 0 saturated carbocycles. The molecule has 24 heavy (non-hydrogen) atoms. The largest absolute Gasteiger partial charge is 0.322 e. The van der Waals surface area contributed by atoms with Gasteiger partial charge in [-0.3, -0.25) is 0 Å². The Bertz CT molecular complexity index is 677. The van der Waals surface area contributed by atoms with Gasteiger partial charge in [0.25, 0.3) is 0 Å². The van der Waals surface area contributed by atoms with Gasteiger partial charge in [0.15, 0.2) is 0 Å². The van der Waals surface area contributed by atoms with E-state index < -0.39 is 0 Å². The Balaban J connectivity index is 2.07. The number of anilines is 2. The van der Waals surface area contributed by atoms with Crippen LogP contribution >= 0.6 is 0 Å². The molecule has 3 rings (SSSR count). The molecule has 1 heterocycles. The van der Waals surface area contributed by atoms with Crippen molar-refractivity contribution in [3.63, 3.8) is 0 Å². The summed E-state index contributed by atoms with van der Waals surface area (Å²) >= 11 is 0. The van der Waals surface area contributed by atoms with E-state index in [-0.39, 0.29) is 0 Å². The van der Waals surface area contributed by atoms with Crippen molar-refractivity contribution in [2.24, 2.45) is 5.92 Å². The molecule has 1 aliphatic rings. The van der Waals surface area contributed by atoms with E-state index in [2.05, 4.69) is 99.9 Å². The zero-order valence-corrected chi connectivity index (χ0v) is 15.7. The zero-order chi connectivity index (χ0) is 17.4. The molecule has 0 bridgehead atoms. The van der Waals surface area contributed by atoms with Crippen LogP contribution in [-0.4, -0.2) is 6.17 Å². The maximum atomic E-state index is 2.49. The second-order valence-electron chi connectivity index (χ2n) is 7.24. The number of allylic oxidation sites excluding steroid dienone is 2. The van der Waals surface area contributed by atoms with Gasteiger partial charge in [0, 0.05) is 22.8 Å². The van der Waals surface area contributed by atoms with Gasteiger partial charge in [0.1, 0.15) is 6.17 Å². The van der Waals surface area contributed by atoms with E-state index in [1.54, 1.807) is 0 Å². The third kappa shape index (κ3) is 2.82. The van der Waals surface area contributed by atoms with Gasteiger partial charge in [-0.05, 0) is 57.9 Å². The molecule has 0 amide bonds. The molecular formula is C22H28N2. The smallest absolute Gasteiger partial charge is 0.113 e. The Morgan fingerprint density at radius 2 is 0.958 bits per heavy atom. The minimum Gasteiger partial charge on any atom is -0.322 e. The van der Waals surface area contributed by atoms with Gasteiger partial charge >= 0.3 is 0 Å². The molecule has 2 aromatic carbocycles. The topological polar surface area (TPSA) is 6.48 Å². The highest BCUT2D eigenvalue weighted by atomic mass is 15.4. The lowest BCUT2D eigenvalue weighted by atomic mass is 10.1. The summed E-state index contributed by atoms with van der Waals surface area (Å²) in [7, 11) is 0. The highest BCUT2D eigenvalue weighted by molar-refractivity contribution is 5.66. The monoisotopic (exact) mass is 320 g/mol. The molecule has 0 aromatic heterocycles. The first-order chi connectivity index (χ1) is 11.4. The van der Waals surface area contributed by atoms with Crippen molar-refractivity contribution < 1.29 is 0 Å². The summed E-state index contributed by atoms with van der Waals surface area (Å²) in [5, 5.41) is 0. The van der Waals surface area contributed by atoms with Crippen molar-refractivity contribution in [3.8, 4) is 0 Å². The number of hydrogen-bond donors (Lipinski definition) is 0. The van der Waals surface area contributed by atoms with Gasteiger partial charge in [-0.2, -0.15) is 0 Å².